The van der Waals surface area contributed by atoms with Gasteiger partial charge in [-0.1, -0.05) is 37.3 Å². The van der Waals surface area contributed by atoms with Crippen molar-refractivity contribution < 1.29 is 0 Å². The average molecular weight is 172 g/mol. The molecule has 1 aliphatic carbocycles. The molecule has 0 nitrogen and oxygen atoms in total. The maximum atomic E-state index is 2.38. The highest BCUT2D eigenvalue weighted by Gasteiger charge is 2.06. The number of hydrogen-bond donors (Lipinski definition) is 0. The number of hydrogen-bond acceptors (Lipinski definition) is 0. The molecule has 0 fully saturated rings. The van der Waals surface area contributed by atoms with E-state index in [2.05, 4.69) is 37.3 Å². The lowest BCUT2D eigenvalue weighted by atomic mass is 10.0. The van der Waals surface area contributed by atoms with Gasteiger partial charge >= 0.3 is 0 Å². The third-order valence-corrected chi connectivity index (χ3v) is 2.75. The predicted octanol–water partition coefficient (Wildman–Crippen LogP) is 3.82. The third-order valence-electron chi connectivity index (χ3n) is 2.75. The highest BCUT2D eigenvalue weighted by atomic mass is 14.1. The molecule has 0 amide bonds. The van der Waals surface area contributed by atoms with Crippen LogP contribution < -0.4 is 0 Å². The molecule has 0 saturated heterocycles. The van der Waals surface area contributed by atoms with Crippen LogP contribution in [0.15, 0.2) is 30.3 Å². The van der Waals surface area contributed by atoms with E-state index >= 15 is 0 Å². The minimum absolute atomic E-state index is 1.14. The minimum atomic E-state index is 1.14. The molecule has 0 unspecified atom stereocenters. The van der Waals surface area contributed by atoms with E-state index in [-0.39, 0.29) is 0 Å². The molecule has 68 valence electrons. The first-order chi connectivity index (χ1) is 6.40. The standard InChI is InChI=1S/C13H16/c1-2-11-6-5-9-13(10-11)12-7-3-4-8-12/h5-7,9-10H,2-4,8H2,1H3. The van der Waals surface area contributed by atoms with E-state index in [0.717, 1.165) is 6.42 Å². The van der Waals surface area contributed by atoms with E-state index < -0.39 is 0 Å². The predicted molar refractivity (Wildman–Crippen MR) is 57.6 cm³/mol. The molecule has 0 atom stereocenters. The minimum Gasteiger partial charge on any atom is -0.0807 e. The Morgan fingerprint density at radius 2 is 2.23 bits per heavy atom. The molecule has 1 aliphatic rings. The molecule has 0 saturated carbocycles. The molecule has 1 aromatic carbocycles. The Balaban J connectivity index is 2.29. The van der Waals surface area contributed by atoms with E-state index in [9.17, 15) is 0 Å². The van der Waals surface area contributed by atoms with Gasteiger partial charge in [0.1, 0.15) is 0 Å². The van der Waals surface area contributed by atoms with Gasteiger partial charge < -0.3 is 0 Å². The lowest BCUT2D eigenvalue weighted by Crippen LogP contribution is -1.84. The van der Waals surface area contributed by atoms with E-state index in [1.54, 1.807) is 5.57 Å². The summed E-state index contributed by atoms with van der Waals surface area (Å²) in [5.41, 5.74) is 4.44. The largest absolute Gasteiger partial charge is 0.0807 e. The van der Waals surface area contributed by atoms with Crippen molar-refractivity contribution in [1.29, 1.82) is 0 Å². The summed E-state index contributed by atoms with van der Waals surface area (Å²) in [5, 5.41) is 0. The van der Waals surface area contributed by atoms with Gasteiger partial charge in [0.15, 0.2) is 0 Å². The maximum absolute atomic E-state index is 2.38. The molecule has 0 N–H and O–H groups in total. The first kappa shape index (κ1) is 8.55. The fourth-order valence-corrected chi connectivity index (χ4v) is 1.92. The second kappa shape index (κ2) is 3.78. The Morgan fingerprint density at radius 1 is 1.31 bits per heavy atom. The van der Waals surface area contributed by atoms with Gasteiger partial charge in [0.2, 0.25) is 0 Å². The lowest BCUT2D eigenvalue weighted by Gasteiger charge is -2.03. The van der Waals surface area contributed by atoms with E-state index in [1.165, 1.54) is 30.4 Å². The normalized spacial score (nSPS) is 15.9. The van der Waals surface area contributed by atoms with Gasteiger partial charge in [-0.25, -0.2) is 0 Å². The van der Waals surface area contributed by atoms with Crippen LogP contribution in [0.4, 0.5) is 0 Å². The lowest BCUT2D eigenvalue weighted by molar-refractivity contribution is 0.935. The van der Waals surface area contributed by atoms with Crippen LogP contribution in [-0.2, 0) is 6.42 Å². The van der Waals surface area contributed by atoms with Crippen LogP contribution >= 0.6 is 0 Å². The number of allylic oxidation sites excluding steroid dienone is 2. The summed E-state index contributed by atoms with van der Waals surface area (Å²) in [6.07, 6.45) is 7.40. The molecule has 0 radical (unpaired) electrons. The van der Waals surface area contributed by atoms with Gasteiger partial charge in [0, 0.05) is 0 Å². The molecule has 13 heavy (non-hydrogen) atoms. The van der Waals surface area contributed by atoms with Crippen molar-refractivity contribution >= 4 is 5.57 Å². The molecule has 0 heterocycles. The summed E-state index contributed by atoms with van der Waals surface area (Å²) in [7, 11) is 0. The summed E-state index contributed by atoms with van der Waals surface area (Å²) in [6, 6.07) is 8.94. The Hall–Kier alpha value is -1.04. The van der Waals surface area contributed by atoms with Crippen molar-refractivity contribution in [2.75, 3.05) is 0 Å². The van der Waals surface area contributed by atoms with Crippen molar-refractivity contribution in [3.8, 4) is 0 Å². The summed E-state index contributed by atoms with van der Waals surface area (Å²) >= 11 is 0. The fraction of sp³-hybridized carbons (Fsp3) is 0.385. The topological polar surface area (TPSA) is 0 Å². The van der Waals surface area contributed by atoms with Crippen molar-refractivity contribution in [2.24, 2.45) is 0 Å². The van der Waals surface area contributed by atoms with Crippen LogP contribution in [0.25, 0.3) is 5.57 Å². The third kappa shape index (κ3) is 1.82. The Labute approximate surface area is 80.3 Å². The first-order valence-corrected chi connectivity index (χ1v) is 5.18. The van der Waals surface area contributed by atoms with Gasteiger partial charge in [-0.05, 0) is 42.4 Å². The molecule has 0 heteroatoms. The van der Waals surface area contributed by atoms with Crippen LogP contribution in [0.3, 0.4) is 0 Å². The van der Waals surface area contributed by atoms with E-state index in [1.807, 2.05) is 0 Å². The van der Waals surface area contributed by atoms with Gasteiger partial charge in [-0.3, -0.25) is 0 Å². The van der Waals surface area contributed by atoms with Crippen molar-refractivity contribution in [3.63, 3.8) is 0 Å². The molecule has 0 spiro atoms. The second-order valence-electron chi connectivity index (χ2n) is 3.68. The van der Waals surface area contributed by atoms with Crippen LogP contribution in [0.2, 0.25) is 0 Å². The quantitative estimate of drug-likeness (QED) is 0.636. The summed E-state index contributed by atoms with van der Waals surface area (Å²) in [4.78, 5) is 0. The van der Waals surface area contributed by atoms with Crippen molar-refractivity contribution in [1.82, 2.24) is 0 Å². The smallest absolute Gasteiger partial charge is 0.0225 e. The van der Waals surface area contributed by atoms with Gasteiger partial charge in [-0.2, -0.15) is 0 Å². The summed E-state index contributed by atoms with van der Waals surface area (Å²) in [6.45, 7) is 2.21. The summed E-state index contributed by atoms with van der Waals surface area (Å²) in [5.74, 6) is 0. The highest BCUT2D eigenvalue weighted by molar-refractivity contribution is 5.67. The maximum Gasteiger partial charge on any atom is -0.0225 e. The number of benzene rings is 1. The van der Waals surface area contributed by atoms with Gasteiger partial charge in [0.25, 0.3) is 0 Å². The first-order valence-electron chi connectivity index (χ1n) is 5.18. The SMILES string of the molecule is CCc1cccc(C2=CCCC2)c1. The van der Waals surface area contributed by atoms with Crippen LogP contribution in [-0.4, -0.2) is 0 Å². The van der Waals surface area contributed by atoms with Crippen molar-refractivity contribution in [3.05, 3.63) is 41.5 Å². The van der Waals surface area contributed by atoms with Crippen LogP contribution in [0.1, 0.15) is 37.3 Å². The van der Waals surface area contributed by atoms with E-state index in [0.29, 0.717) is 0 Å². The monoisotopic (exact) mass is 172 g/mol. The average Bonchev–Trinajstić information content (AvgIpc) is 2.71. The number of aryl methyl sites for hydroxylation is 1. The highest BCUT2D eigenvalue weighted by Crippen LogP contribution is 2.27. The zero-order valence-corrected chi connectivity index (χ0v) is 8.22. The molecule has 1 aromatic rings. The fourth-order valence-electron chi connectivity index (χ4n) is 1.92. The molecule has 0 aliphatic heterocycles. The molecular weight excluding hydrogens is 156 g/mol. The van der Waals surface area contributed by atoms with Gasteiger partial charge in [-0.15, -0.1) is 0 Å². The molecule has 2 rings (SSSR count). The van der Waals surface area contributed by atoms with Gasteiger partial charge in [0.05, 0.1) is 0 Å². The zero-order valence-electron chi connectivity index (χ0n) is 8.22. The van der Waals surface area contributed by atoms with E-state index in [4.69, 9.17) is 0 Å². The van der Waals surface area contributed by atoms with Crippen LogP contribution in [0.5, 0.6) is 0 Å². The molecule has 0 aromatic heterocycles. The Bertz CT molecular complexity index is 321. The summed E-state index contributed by atoms with van der Waals surface area (Å²) < 4.78 is 0. The Kier molecular flexibility index (Phi) is 2.49. The van der Waals surface area contributed by atoms with Crippen molar-refractivity contribution in [2.45, 2.75) is 32.6 Å². The second-order valence-corrected chi connectivity index (χ2v) is 3.68. The number of rotatable bonds is 2. The Morgan fingerprint density at radius 3 is 2.92 bits per heavy atom. The zero-order chi connectivity index (χ0) is 9.10. The van der Waals surface area contributed by atoms with Crippen LogP contribution in [0, 0.1) is 0 Å². The molecule has 0 bridgehead atoms. The molecular formula is C13H16.